The smallest absolute Gasteiger partial charge is 0.224 e. The fourth-order valence-electron chi connectivity index (χ4n) is 3.00. The van der Waals surface area contributed by atoms with Crippen LogP contribution < -0.4 is 15.4 Å². The number of rotatable bonds is 4. The van der Waals surface area contributed by atoms with Crippen molar-refractivity contribution in [2.24, 2.45) is 5.92 Å². The van der Waals surface area contributed by atoms with E-state index in [2.05, 4.69) is 16.7 Å². The molecule has 1 atom stereocenters. The quantitative estimate of drug-likeness (QED) is 0.899. The Balaban J connectivity index is 0.00000161. The summed E-state index contributed by atoms with van der Waals surface area (Å²) in [5.41, 5.74) is 2.03. The molecule has 4 nitrogen and oxygen atoms in total. The van der Waals surface area contributed by atoms with E-state index in [1.165, 1.54) is 12.0 Å². The first-order valence-corrected chi connectivity index (χ1v) is 7.58. The number of para-hydroxylation sites is 1. The van der Waals surface area contributed by atoms with E-state index in [4.69, 9.17) is 4.74 Å². The molecule has 0 aromatic heterocycles. The topological polar surface area (TPSA) is 50.4 Å². The Hall–Kier alpha value is -1.26. The van der Waals surface area contributed by atoms with Crippen LogP contribution in [0.15, 0.2) is 18.2 Å². The van der Waals surface area contributed by atoms with Crippen molar-refractivity contribution in [1.29, 1.82) is 0 Å². The summed E-state index contributed by atoms with van der Waals surface area (Å²) in [6.07, 6.45) is 4.84. The summed E-state index contributed by atoms with van der Waals surface area (Å²) in [5.74, 6) is 1.62. The van der Waals surface area contributed by atoms with Gasteiger partial charge in [-0.3, -0.25) is 4.79 Å². The fourth-order valence-corrected chi connectivity index (χ4v) is 3.00. The van der Waals surface area contributed by atoms with Crippen molar-refractivity contribution in [2.75, 3.05) is 25.0 Å². The van der Waals surface area contributed by atoms with Gasteiger partial charge in [0.2, 0.25) is 5.91 Å². The number of hydrogen-bond donors (Lipinski definition) is 2. The zero-order chi connectivity index (χ0) is 13.8. The molecular weight excluding hydrogens is 288 g/mol. The summed E-state index contributed by atoms with van der Waals surface area (Å²) >= 11 is 0. The highest BCUT2D eigenvalue weighted by atomic mass is 35.5. The maximum Gasteiger partial charge on any atom is 0.224 e. The Morgan fingerprint density at radius 3 is 3.14 bits per heavy atom. The van der Waals surface area contributed by atoms with Gasteiger partial charge in [-0.2, -0.15) is 0 Å². The summed E-state index contributed by atoms with van der Waals surface area (Å²) in [7, 11) is 0. The molecule has 1 unspecified atom stereocenters. The van der Waals surface area contributed by atoms with Gasteiger partial charge in [-0.05, 0) is 56.3 Å². The van der Waals surface area contributed by atoms with Crippen LogP contribution in [0, 0.1) is 5.92 Å². The second kappa shape index (κ2) is 7.66. The van der Waals surface area contributed by atoms with Gasteiger partial charge < -0.3 is 15.4 Å². The predicted molar refractivity (Wildman–Crippen MR) is 86.3 cm³/mol. The van der Waals surface area contributed by atoms with E-state index < -0.39 is 0 Å². The zero-order valence-electron chi connectivity index (χ0n) is 12.2. The van der Waals surface area contributed by atoms with Gasteiger partial charge in [-0.15, -0.1) is 12.4 Å². The van der Waals surface area contributed by atoms with Crippen LogP contribution in [0.2, 0.25) is 0 Å². The summed E-state index contributed by atoms with van der Waals surface area (Å²) in [4.78, 5) is 12.1. The van der Waals surface area contributed by atoms with E-state index in [1.807, 2.05) is 12.1 Å². The van der Waals surface area contributed by atoms with Crippen molar-refractivity contribution in [2.45, 2.75) is 32.1 Å². The standard InChI is InChI=1S/C16H22N2O2.ClH/c19-15(7-6-12-8-9-17-11-12)18-14-5-1-3-13-4-2-10-20-16(13)14;/h1,3,5,12,17H,2,4,6-11H2,(H,18,19);1H. The lowest BCUT2D eigenvalue weighted by atomic mass is 10.0. The van der Waals surface area contributed by atoms with Crippen LogP contribution in [0.25, 0.3) is 0 Å². The largest absolute Gasteiger partial charge is 0.491 e. The summed E-state index contributed by atoms with van der Waals surface area (Å²) in [5, 5.41) is 6.34. The van der Waals surface area contributed by atoms with E-state index in [9.17, 15) is 4.79 Å². The van der Waals surface area contributed by atoms with Gasteiger partial charge in [0, 0.05) is 6.42 Å². The van der Waals surface area contributed by atoms with Crippen molar-refractivity contribution >= 4 is 24.0 Å². The van der Waals surface area contributed by atoms with E-state index in [0.717, 1.165) is 50.4 Å². The molecule has 1 fully saturated rings. The van der Waals surface area contributed by atoms with Crippen LogP contribution in [0.5, 0.6) is 5.75 Å². The lowest BCUT2D eigenvalue weighted by molar-refractivity contribution is -0.116. The van der Waals surface area contributed by atoms with Gasteiger partial charge in [0.1, 0.15) is 5.75 Å². The molecule has 2 aliphatic heterocycles. The number of anilines is 1. The summed E-state index contributed by atoms with van der Waals surface area (Å²) in [6.45, 7) is 2.89. The Morgan fingerprint density at radius 2 is 2.33 bits per heavy atom. The molecular formula is C16H23ClN2O2. The van der Waals surface area contributed by atoms with Gasteiger partial charge in [-0.25, -0.2) is 0 Å². The summed E-state index contributed by atoms with van der Waals surface area (Å²) in [6, 6.07) is 6.00. The third-order valence-corrected chi connectivity index (χ3v) is 4.15. The Morgan fingerprint density at radius 1 is 1.43 bits per heavy atom. The Labute approximate surface area is 132 Å². The molecule has 0 radical (unpaired) electrons. The van der Waals surface area contributed by atoms with Crippen LogP contribution in [-0.2, 0) is 11.2 Å². The summed E-state index contributed by atoms with van der Waals surface area (Å²) < 4.78 is 5.71. The van der Waals surface area contributed by atoms with Crippen LogP contribution >= 0.6 is 12.4 Å². The SMILES string of the molecule is Cl.O=C(CCC1CCNC1)Nc1cccc2c1OCCC2. The molecule has 1 aromatic carbocycles. The molecule has 1 aromatic rings. The predicted octanol–water partition coefficient (Wildman–Crippen LogP) is 2.76. The number of nitrogens with one attached hydrogen (secondary N) is 2. The number of hydrogen-bond acceptors (Lipinski definition) is 3. The van der Waals surface area contributed by atoms with Gasteiger partial charge in [0.15, 0.2) is 0 Å². The fraction of sp³-hybridized carbons (Fsp3) is 0.562. The number of ether oxygens (including phenoxy) is 1. The minimum Gasteiger partial charge on any atom is -0.491 e. The zero-order valence-corrected chi connectivity index (χ0v) is 13.0. The maximum atomic E-state index is 12.1. The molecule has 0 aliphatic carbocycles. The number of benzene rings is 1. The van der Waals surface area contributed by atoms with Crippen LogP contribution in [0.3, 0.4) is 0 Å². The third kappa shape index (κ3) is 4.11. The van der Waals surface area contributed by atoms with E-state index in [-0.39, 0.29) is 18.3 Å². The lowest BCUT2D eigenvalue weighted by Crippen LogP contribution is -2.17. The van der Waals surface area contributed by atoms with Crippen LogP contribution in [0.4, 0.5) is 5.69 Å². The number of carbonyl (C=O) groups excluding carboxylic acids is 1. The van der Waals surface area contributed by atoms with Crippen LogP contribution in [-0.4, -0.2) is 25.6 Å². The average molecular weight is 311 g/mol. The molecule has 2 aliphatic rings. The van der Waals surface area contributed by atoms with Gasteiger partial charge in [-0.1, -0.05) is 12.1 Å². The van der Waals surface area contributed by atoms with Crippen molar-refractivity contribution in [3.8, 4) is 5.75 Å². The van der Waals surface area contributed by atoms with E-state index in [0.29, 0.717) is 12.3 Å². The highest BCUT2D eigenvalue weighted by Crippen LogP contribution is 2.33. The highest BCUT2D eigenvalue weighted by Gasteiger charge is 2.18. The number of carbonyl (C=O) groups is 1. The molecule has 21 heavy (non-hydrogen) atoms. The Kier molecular flexibility index (Phi) is 5.88. The van der Waals surface area contributed by atoms with Crippen molar-refractivity contribution in [3.05, 3.63) is 23.8 Å². The molecule has 1 amide bonds. The lowest BCUT2D eigenvalue weighted by Gasteiger charge is -2.20. The second-order valence-electron chi connectivity index (χ2n) is 5.69. The van der Waals surface area contributed by atoms with Gasteiger partial charge >= 0.3 is 0 Å². The molecule has 2 heterocycles. The maximum absolute atomic E-state index is 12.1. The molecule has 1 saturated heterocycles. The van der Waals surface area contributed by atoms with Gasteiger partial charge in [0.05, 0.1) is 12.3 Å². The monoisotopic (exact) mass is 310 g/mol. The normalized spacial score (nSPS) is 20.1. The Bertz CT molecular complexity index is 487. The molecule has 2 N–H and O–H groups in total. The minimum absolute atomic E-state index is 0. The molecule has 3 rings (SSSR count). The van der Waals surface area contributed by atoms with Gasteiger partial charge in [0.25, 0.3) is 0 Å². The van der Waals surface area contributed by atoms with E-state index in [1.54, 1.807) is 0 Å². The second-order valence-corrected chi connectivity index (χ2v) is 5.69. The molecule has 5 heteroatoms. The van der Waals surface area contributed by atoms with Crippen LogP contribution in [0.1, 0.15) is 31.2 Å². The molecule has 0 saturated carbocycles. The first-order valence-electron chi connectivity index (χ1n) is 7.58. The number of amides is 1. The third-order valence-electron chi connectivity index (χ3n) is 4.15. The minimum atomic E-state index is 0. The number of halogens is 1. The first-order chi connectivity index (χ1) is 9.83. The van der Waals surface area contributed by atoms with E-state index >= 15 is 0 Å². The number of aryl methyl sites for hydroxylation is 1. The van der Waals surface area contributed by atoms with Crippen molar-refractivity contribution in [1.82, 2.24) is 5.32 Å². The van der Waals surface area contributed by atoms with Crippen molar-refractivity contribution in [3.63, 3.8) is 0 Å². The molecule has 116 valence electrons. The molecule has 0 spiro atoms. The van der Waals surface area contributed by atoms with Crippen molar-refractivity contribution < 1.29 is 9.53 Å². The molecule has 0 bridgehead atoms. The first kappa shape index (κ1) is 16.1. The average Bonchev–Trinajstić information content (AvgIpc) is 2.99. The number of fused-ring (bicyclic) bond motifs is 1. The highest BCUT2D eigenvalue weighted by molar-refractivity contribution is 5.92.